The summed E-state index contributed by atoms with van der Waals surface area (Å²) in [5.41, 5.74) is 0. The van der Waals surface area contributed by atoms with Crippen LogP contribution >= 0.6 is 0 Å². The fraction of sp³-hybridized carbons (Fsp3) is 1.00. The molecule has 272 valence electrons. The molecule has 0 spiro atoms. The Bertz CT molecular complexity index is 337. The van der Waals surface area contributed by atoms with Crippen molar-refractivity contribution in [3.63, 3.8) is 0 Å². The first kappa shape index (κ1) is 53.6. The van der Waals surface area contributed by atoms with E-state index in [0.29, 0.717) is 52.9 Å². The molecule has 0 bridgehead atoms. The van der Waals surface area contributed by atoms with E-state index in [9.17, 15) is 0 Å². The Morgan fingerprint density at radius 1 is 0.227 bits per heavy atom. The van der Waals surface area contributed by atoms with Gasteiger partial charge in [0.1, 0.15) is 0 Å². The molecule has 0 saturated heterocycles. The minimum absolute atomic E-state index is 0.319. The van der Waals surface area contributed by atoms with Crippen LogP contribution in [-0.4, -0.2) is 101 Å². The van der Waals surface area contributed by atoms with Crippen LogP contribution in [0.4, 0.5) is 0 Å². The van der Waals surface area contributed by atoms with Crippen molar-refractivity contribution in [1.82, 2.24) is 0 Å². The number of aliphatic hydroxyl groups excluding tert-OH is 8. The van der Waals surface area contributed by atoms with Gasteiger partial charge in [0, 0.05) is 52.9 Å². The van der Waals surface area contributed by atoms with E-state index in [4.69, 9.17) is 51.6 Å². The Balaban J connectivity index is -0.000000147. The second-order valence-corrected chi connectivity index (χ2v) is 11.4. The molecule has 0 unspecified atom stereocenters. The maximum atomic E-state index is 8.81. The van der Waals surface area contributed by atoms with Gasteiger partial charge in [-0.1, -0.05) is 103 Å². The van der Waals surface area contributed by atoms with Gasteiger partial charge in [0.15, 0.2) is 0 Å². The van der Waals surface area contributed by atoms with Gasteiger partial charge in [-0.15, -0.1) is 0 Å². The number of aliphatic hydroxyl groups is 8. The van der Waals surface area contributed by atoms with Crippen LogP contribution in [0.3, 0.4) is 0 Å². The monoisotopic (exact) mass is 682 g/mol. The van der Waals surface area contributed by atoms with Crippen LogP contribution in [0.2, 0.25) is 0 Å². The molecule has 44 heavy (non-hydrogen) atoms. The number of hydrogen-bond acceptors (Lipinski definition) is 9. The molecular weight excluding hydrogens is 608 g/mol. The normalized spacial score (nSPS) is 9.86. The van der Waals surface area contributed by atoms with Gasteiger partial charge in [0.25, 0.3) is 0 Å². The standard InChI is InChI=1S/4C8H18O2.2H2O.O.Ti/c4*9-7-5-3-1-2-4-6-8-10;;;;/h4*9-10H,1-8H2;2*1H2;;/q;;;;;;;+2/p-2. The van der Waals surface area contributed by atoms with E-state index >= 15 is 0 Å². The zero-order chi connectivity index (χ0) is 34.2. The van der Waals surface area contributed by atoms with Gasteiger partial charge in [-0.05, 0) is 51.4 Å². The minimum atomic E-state index is -3.58. The van der Waals surface area contributed by atoms with E-state index in [1.165, 1.54) is 51.4 Å². The van der Waals surface area contributed by atoms with Crippen LogP contribution in [0.25, 0.3) is 0 Å². The maximum absolute atomic E-state index is 8.81. The summed E-state index contributed by atoms with van der Waals surface area (Å²) in [6, 6.07) is 0. The van der Waals surface area contributed by atoms with Gasteiger partial charge in [-0.25, -0.2) is 0 Å². The van der Waals surface area contributed by atoms with Crippen LogP contribution in [0, 0.1) is 0 Å². The summed E-state index contributed by atoms with van der Waals surface area (Å²) in [5, 5.41) is 67.4. The Morgan fingerprint density at radius 2 is 0.295 bits per heavy atom. The van der Waals surface area contributed by atoms with Gasteiger partial charge in [0.05, 0.1) is 0 Å². The fourth-order valence-electron chi connectivity index (χ4n) is 3.72. The summed E-state index contributed by atoms with van der Waals surface area (Å²) < 4.78 is 23.2. The molecule has 12 heteroatoms. The third kappa shape index (κ3) is 90.1. The van der Waals surface area contributed by atoms with Crippen molar-refractivity contribution >= 4 is 0 Å². The van der Waals surface area contributed by atoms with Crippen LogP contribution < -0.4 is 0 Å². The van der Waals surface area contributed by atoms with Crippen LogP contribution in [0.15, 0.2) is 0 Å². The Kier molecular flexibility index (Phi) is 75.5. The second kappa shape index (κ2) is 62.0. The summed E-state index contributed by atoms with van der Waals surface area (Å²) >= 11 is -3.58. The van der Waals surface area contributed by atoms with Crippen molar-refractivity contribution in [1.29, 1.82) is 0 Å². The van der Waals surface area contributed by atoms with E-state index in [0.717, 1.165) is 103 Å². The first-order valence-electron chi connectivity index (χ1n) is 17.2. The molecule has 0 aliphatic heterocycles. The average molecular weight is 683 g/mol. The molecular formula is C32H74O11Ti. The topological polar surface area (TPSA) is 219 Å². The molecule has 0 fully saturated rings. The Labute approximate surface area is 276 Å². The Morgan fingerprint density at radius 3 is 0.364 bits per heavy atom. The molecule has 0 aliphatic rings. The SMILES string of the molecule is OCCCCCCCCO.OCCCCCCCCO.OCCCCCCCCO.OCCCCCCCCO.[O]=[Ti]([OH])[OH]. The van der Waals surface area contributed by atoms with Gasteiger partial charge in [-0.3, -0.25) is 0 Å². The predicted octanol–water partition coefficient (Wildman–Crippen LogP) is 4.01. The van der Waals surface area contributed by atoms with Crippen molar-refractivity contribution in [2.24, 2.45) is 0 Å². The summed E-state index contributed by atoms with van der Waals surface area (Å²) in [4.78, 5) is 0. The van der Waals surface area contributed by atoms with Crippen molar-refractivity contribution in [2.45, 2.75) is 154 Å². The third-order valence-electron chi connectivity index (χ3n) is 6.26. The van der Waals surface area contributed by atoms with E-state index in [1.54, 1.807) is 0 Å². The zero-order valence-electron chi connectivity index (χ0n) is 28.0. The van der Waals surface area contributed by atoms with E-state index in [2.05, 4.69) is 0 Å². The van der Waals surface area contributed by atoms with E-state index in [-0.39, 0.29) is 0 Å². The molecule has 10 N–H and O–H groups in total. The van der Waals surface area contributed by atoms with Crippen LogP contribution in [-0.2, 0) is 21.9 Å². The molecule has 0 rings (SSSR count). The quantitative estimate of drug-likeness (QED) is 0.0420. The van der Waals surface area contributed by atoms with Crippen molar-refractivity contribution in [2.75, 3.05) is 52.9 Å². The number of rotatable bonds is 28. The summed E-state index contributed by atoms with van der Waals surface area (Å²) in [6.45, 7) is 2.56. The molecule has 0 atom stereocenters. The molecule has 0 amide bonds. The number of unbranched alkanes of at least 4 members (excludes halogenated alkanes) is 20. The van der Waals surface area contributed by atoms with E-state index in [1.807, 2.05) is 0 Å². The van der Waals surface area contributed by atoms with Crippen LogP contribution in [0.5, 0.6) is 0 Å². The first-order valence-corrected chi connectivity index (χ1v) is 19.2. The van der Waals surface area contributed by atoms with E-state index < -0.39 is 18.6 Å². The fourth-order valence-corrected chi connectivity index (χ4v) is 3.72. The first-order chi connectivity index (χ1) is 21.4. The molecule has 0 aromatic heterocycles. The third-order valence-corrected chi connectivity index (χ3v) is 6.26. The van der Waals surface area contributed by atoms with Gasteiger partial charge in [0.2, 0.25) is 0 Å². The average Bonchev–Trinajstić information content (AvgIpc) is 3.01. The molecule has 0 aliphatic carbocycles. The molecule has 0 aromatic rings. The summed E-state index contributed by atoms with van der Waals surface area (Å²) in [6.07, 6.45) is 26.0. The zero-order valence-corrected chi connectivity index (χ0v) is 29.6. The van der Waals surface area contributed by atoms with Gasteiger partial charge >= 0.3 is 29.3 Å². The van der Waals surface area contributed by atoms with Crippen LogP contribution in [0.1, 0.15) is 154 Å². The molecule has 0 radical (unpaired) electrons. The molecule has 11 nitrogen and oxygen atoms in total. The number of hydrogen-bond donors (Lipinski definition) is 10. The Hall–Kier alpha value is 0.114. The molecule has 0 saturated carbocycles. The van der Waals surface area contributed by atoms with Crippen molar-refractivity contribution < 1.29 is 70.2 Å². The predicted molar refractivity (Wildman–Crippen MR) is 173 cm³/mol. The van der Waals surface area contributed by atoms with Gasteiger partial charge in [-0.2, -0.15) is 0 Å². The molecule has 0 aromatic carbocycles. The molecule has 0 heterocycles. The van der Waals surface area contributed by atoms with Gasteiger partial charge < -0.3 is 40.9 Å². The summed E-state index contributed by atoms with van der Waals surface area (Å²) in [5.74, 6) is 0. The van der Waals surface area contributed by atoms with Crippen molar-refractivity contribution in [3.05, 3.63) is 0 Å². The summed E-state index contributed by atoms with van der Waals surface area (Å²) in [7, 11) is 0. The second-order valence-electron chi connectivity index (χ2n) is 10.6. The van der Waals surface area contributed by atoms with Crippen molar-refractivity contribution in [3.8, 4) is 0 Å².